The zero-order chi connectivity index (χ0) is 32.3. The minimum atomic E-state index is -0.934. The summed E-state index contributed by atoms with van der Waals surface area (Å²) in [6.45, 7) is 2.92. The van der Waals surface area contributed by atoms with Crippen molar-refractivity contribution in [2.45, 2.75) is 54.9 Å². The second-order valence-corrected chi connectivity index (χ2v) is 12.9. The van der Waals surface area contributed by atoms with E-state index in [1.54, 1.807) is 11.8 Å². The normalized spacial score (nSPS) is 18.5. The molecule has 7 nitrogen and oxygen atoms in total. The Bertz CT molecular complexity index is 1520. The molecule has 1 saturated heterocycles. The highest BCUT2D eigenvalue weighted by molar-refractivity contribution is 7.99. The molecule has 1 fully saturated rings. The van der Waals surface area contributed by atoms with Crippen molar-refractivity contribution in [3.8, 4) is 0 Å². The predicted molar refractivity (Wildman–Crippen MR) is 186 cm³/mol. The molecule has 4 aromatic rings. The number of benzene rings is 4. The molecule has 1 heterocycles. The number of methoxy groups -OCH3 is 1. The maximum atomic E-state index is 14.1. The van der Waals surface area contributed by atoms with Crippen molar-refractivity contribution >= 4 is 41.1 Å². The summed E-state index contributed by atoms with van der Waals surface area (Å²) in [5, 5.41) is 10.3. The van der Waals surface area contributed by atoms with Crippen LogP contribution in [-0.4, -0.2) is 55.7 Å². The third kappa shape index (κ3) is 9.13. The number of ether oxygens (including phenoxy) is 2. The summed E-state index contributed by atoms with van der Waals surface area (Å²) in [6, 6.07) is 34.4. The zero-order valence-corrected chi connectivity index (χ0v) is 27.6. The van der Waals surface area contributed by atoms with E-state index in [-0.39, 0.29) is 24.2 Å². The molecule has 240 valence electrons. The molecule has 5 rings (SSSR count). The van der Waals surface area contributed by atoms with Crippen molar-refractivity contribution in [3.63, 3.8) is 0 Å². The molecule has 4 atom stereocenters. The van der Waals surface area contributed by atoms with Crippen molar-refractivity contribution in [1.82, 2.24) is 10.6 Å². The minimum absolute atomic E-state index is 0.0325. The maximum Gasteiger partial charge on any atom is 0.407 e. The van der Waals surface area contributed by atoms with Gasteiger partial charge >= 0.3 is 6.09 Å². The molecule has 4 aromatic carbocycles. The van der Waals surface area contributed by atoms with E-state index < -0.39 is 18.1 Å². The van der Waals surface area contributed by atoms with Gasteiger partial charge in [-0.15, -0.1) is 11.8 Å². The number of halogens is 1. The van der Waals surface area contributed by atoms with E-state index in [1.807, 2.05) is 109 Å². The molecule has 0 aromatic heterocycles. The van der Waals surface area contributed by atoms with Crippen molar-refractivity contribution in [3.05, 3.63) is 131 Å². The van der Waals surface area contributed by atoms with Crippen molar-refractivity contribution in [2.24, 2.45) is 0 Å². The van der Waals surface area contributed by atoms with Crippen LogP contribution in [0.25, 0.3) is 0 Å². The molecule has 0 aliphatic carbocycles. The Morgan fingerprint density at radius 1 is 0.935 bits per heavy atom. The van der Waals surface area contributed by atoms with Gasteiger partial charge in [-0.05, 0) is 66.8 Å². The van der Waals surface area contributed by atoms with E-state index in [9.17, 15) is 9.59 Å². The van der Waals surface area contributed by atoms with Gasteiger partial charge in [0.2, 0.25) is 5.91 Å². The van der Waals surface area contributed by atoms with Gasteiger partial charge in [0.05, 0.1) is 19.3 Å². The molecule has 9 heteroatoms. The van der Waals surface area contributed by atoms with Crippen LogP contribution in [0, 0.1) is 0 Å². The fourth-order valence-corrected chi connectivity index (χ4v) is 6.87. The number of para-hydroxylation sites is 1. The standard InChI is InChI=1S/C37H40ClN3O4S/c1-25-33(24-46-31-21-18-29(38)19-22-31)45-30(23-39-25)20-17-26-11-9-10-16-32(26)40-36(42)35(41-37(43)44-2)34(27-12-5-3-6-13-27)28-14-7-4-8-15-28/h3-16,18-19,21-22,25,30,33-35,39H,17,20,23-24H2,1-2H3,(H,40,42)(H,41,43)/t25-,30-,33-,35?/m1/s1. The lowest BCUT2D eigenvalue weighted by Crippen LogP contribution is -2.52. The summed E-state index contributed by atoms with van der Waals surface area (Å²) in [7, 11) is 1.30. The molecule has 0 radical (unpaired) electrons. The summed E-state index contributed by atoms with van der Waals surface area (Å²) < 4.78 is 11.5. The van der Waals surface area contributed by atoms with E-state index in [1.165, 1.54) is 7.11 Å². The Kier molecular flexibility index (Phi) is 12.1. The molecule has 2 amide bonds. The van der Waals surface area contributed by atoms with E-state index in [0.717, 1.165) is 45.3 Å². The number of aryl methyl sites for hydroxylation is 1. The van der Waals surface area contributed by atoms with Crippen LogP contribution in [-0.2, 0) is 20.7 Å². The summed E-state index contributed by atoms with van der Waals surface area (Å²) in [6.07, 6.45) is 0.919. The van der Waals surface area contributed by atoms with Gasteiger partial charge in [0.25, 0.3) is 0 Å². The van der Waals surface area contributed by atoms with Gasteiger partial charge < -0.3 is 25.4 Å². The number of hydrogen-bond donors (Lipinski definition) is 3. The SMILES string of the molecule is COC(=O)NC(C(=O)Nc1ccccc1CC[C@@H]1CN[C@H](C)[C@@H](CSc2ccc(Cl)cc2)O1)C(c1ccccc1)c1ccccc1. The summed E-state index contributed by atoms with van der Waals surface area (Å²) in [5.74, 6) is 0.0524. The number of anilines is 1. The highest BCUT2D eigenvalue weighted by Crippen LogP contribution is 2.30. The number of rotatable bonds is 12. The van der Waals surface area contributed by atoms with Gasteiger partial charge in [-0.2, -0.15) is 0 Å². The summed E-state index contributed by atoms with van der Waals surface area (Å²) >= 11 is 7.81. The third-order valence-electron chi connectivity index (χ3n) is 8.22. The van der Waals surface area contributed by atoms with Crippen LogP contribution < -0.4 is 16.0 Å². The molecule has 46 heavy (non-hydrogen) atoms. The fraction of sp³-hybridized carbons (Fsp3) is 0.297. The molecule has 1 unspecified atom stereocenters. The predicted octanol–water partition coefficient (Wildman–Crippen LogP) is 7.31. The van der Waals surface area contributed by atoms with Crippen LogP contribution in [0.4, 0.5) is 10.5 Å². The first-order valence-electron chi connectivity index (χ1n) is 15.5. The Morgan fingerprint density at radius 3 is 2.22 bits per heavy atom. The summed E-state index contributed by atoms with van der Waals surface area (Å²) in [4.78, 5) is 27.8. The largest absolute Gasteiger partial charge is 0.453 e. The number of morpholine rings is 1. The number of hydrogen-bond acceptors (Lipinski definition) is 6. The Balaban J connectivity index is 1.28. The zero-order valence-electron chi connectivity index (χ0n) is 26.0. The number of nitrogens with one attached hydrogen (secondary N) is 3. The lowest BCUT2D eigenvalue weighted by Gasteiger charge is -2.36. The van der Waals surface area contributed by atoms with E-state index in [2.05, 4.69) is 22.9 Å². The molecule has 0 bridgehead atoms. The van der Waals surface area contributed by atoms with Crippen molar-refractivity contribution in [2.75, 3.05) is 24.7 Å². The molecular formula is C37H40ClN3O4S. The van der Waals surface area contributed by atoms with Gasteiger partial charge in [-0.1, -0.05) is 90.5 Å². The smallest absolute Gasteiger partial charge is 0.407 e. The number of carbonyl (C=O) groups is 2. The second-order valence-electron chi connectivity index (χ2n) is 11.4. The first-order chi connectivity index (χ1) is 22.4. The average molecular weight is 658 g/mol. The number of alkyl carbamates (subject to hydrolysis) is 1. The molecule has 1 aliphatic heterocycles. The monoisotopic (exact) mass is 657 g/mol. The molecule has 0 saturated carbocycles. The maximum absolute atomic E-state index is 14.1. The van der Waals surface area contributed by atoms with Crippen LogP contribution in [0.5, 0.6) is 0 Å². The Morgan fingerprint density at radius 2 is 1.57 bits per heavy atom. The summed E-state index contributed by atoms with van der Waals surface area (Å²) in [5.41, 5.74) is 3.51. The number of amides is 2. The second kappa shape index (κ2) is 16.7. The van der Waals surface area contributed by atoms with E-state index in [0.29, 0.717) is 12.1 Å². The molecule has 3 N–H and O–H groups in total. The van der Waals surface area contributed by atoms with Gasteiger partial charge in [-0.3, -0.25) is 4.79 Å². The van der Waals surface area contributed by atoms with Crippen LogP contribution in [0.15, 0.2) is 114 Å². The Labute approximate surface area is 280 Å². The highest BCUT2D eigenvalue weighted by Gasteiger charge is 2.33. The Hall–Kier alpha value is -3.82. The van der Waals surface area contributed by atoms with Gasteiger partial charge in [0, 0.05) is 39.9 Å². The van der Waals surface area contributed by atoms with Crippen LogP contribution in [0.3, 0.4) is 0 Å². The van der Waals surface area contributed by atoms with E-state index >= 15 is 0 Å². The molecule has 1 aliphatic rings. The van der Waals surface area contributed by atoms with Crippen LogP contribution >= 0.6 is 23.4 Å². The van der Waals surface area contributed by atoms with Gasteiger partial charge in [-0.25, -0.2) is 4.79 Å². The first-order valence-corrected chi connectivity index (χ1v) is 16.9. The topological polar surface area (TPSA) is 88.7 Å². The van der Waals surface area contributed by atoms with E-state index in [4.69, 9.17) is 21.1 Å². The van der Waals surface area contributed by atoms with Crippen LogP contribution in [0.2, 0.25) is 5.02 Å². The fourth-order valence-electron chi connectivity index (χ4n) is 5.70. The number of thioether (sulfide) groups is 1. The highest BCUT2D eigenvalue weighted by atomic mass is 35.5. The lowest BCUT2D eigenvalue weighted by molar-refractivity contribution is -0.118. The number of carbonyl (C=O) groups excluding carboxylic acids is 2. The first kappa shape index (κ1) is 33.5. The lowest BCUT2D eigenvalue weighted by atomic mass is 9.84. The average Bonchev–Trinajstić information content (AvgIpc) is 3.09. The van der Waals surface area contributed by atoms with Crippen LogP contribution in [0.1, 0.15) is 36.0 Å². The van der Waals surface area contributed by atoms with Crippen molar-refractivity contribution in [1.29, 1.82) is 0 Å². The quantitative estimate of drug-likeness (QED) is 0.139. The minimum Gasteiger partial charge on any atom is -0.453 e. The third-order valence-corrected chi connectivity index (χ3v) is 9.58. The van der Waals surface area contributed by atoms with Gasteiger partial charge in [0.15, 0.2) is 0 Å². The molecule has 0 spiro atoms. The van der Waals surface area contributed by atoms with Gasteiger partial charge in [0.1, 0.15) is 6.04 Å². The molecular weight excluding hydrogens is 618 g/mol. The van der Waals surface area contributed by atoms with Crippen molar-refractivity contribution < 1.29 is 19.1 Å².